The highest BCUT2D eigenvalue weighted by Gasteiger charge is 2.06. The highest BCUT2D eigenvalue weighted by Crippen LogP contribution is 2.27. The van der Waals surface area contributed by atoms with Crippen LogP contribution < -0.4 is 24.8 Å². The molecule has 0 amide bonds. The number of guanidine groups is 1. The van der Waals surface area contributed by atoms with E-state index < -0.39 is 0 Å². The third kappa shape index (κ3) is 6.16. The van der Waals surface area contributed by atoms with E-state index in [1.807, 2.05) is 42.5 Å². The number of hydrogen-bond acceptors (Lipinski definition) is 4. The highest BCUT2D eigenvalue weighted by atomic mass is 127. The first-order valence-corrected chi connectivity index (χ1v) is 9.51. The second kappa shape index (κ2) is 12.1. The first-order chi connectivity index (χ1) is 14.2. The minimum absolute atomic E-state index is 0. The van der Waals surface area contributed by atoms with Gasteiger partial charge in [-0.3, -0.25) is 4.99 Å². The van der Waals surface area contributed by atoms with E-state index in [0.717, 1.165) is 16.7 Å². The van der Waals surface area contributed by atoms with Crippen molar-refractivity contribution in [2.24, 2.45) is 4.99 Å². The molecule has 3 aromatic carbocycles. The fourth-order valence-electron chi connectivity index (χ4n) is 3.05. The smallest absolute Gasteiger partial charge is 0.191 e. The summed E-state index contributed by atoms with van der Waals surface area (Å²) in [6, 6.07) is 20.1. The third-order valence-electron chi connectivity index (χ3n) is 4.53. The van der Waals surface area contributed by atoms with E-state index in [0.29, 0.717) is 37.2 Å². The van der Waals surface area contributed by atoms with Crippen molar-refractivity contribution in [2.75, 3.05) is 34.4 Å². The van der Waals surface area contributed by atoms with Gasteiger partial charge in [0.05, 0.1) is 20.8 Å². The predicted molar refractivity (Wildman–Crippen MR) is 133 cm³/mol. The first-order valence-electron chi connectivity index (χ1n) is 9.51. The van der Waals surface area contributed by atoms with Gasteiger partial charge in [-0.25, -0.2) is 0 Å². The van der Waals surface area contributed by atoms with Crippen molar-refractivity contribution in [3.63, 3.8) is 0 Å². The van der Waals surface area contributed by atoms with Gasteiger partial charge in [-0.05, 0) is 29.1 Å². The summed E-state index contributed by atoms with van der Waals surface area (Å²) in [5, 5.41) is 8.85. The molecule has 0 aliphatic rings. The van der Waals surface area contributed by atoms with E-state index in [1.165, 1.54) is 5.39 Å². The minimum atomic E-state index is 0. The van der Waals surface area contributed by atoms with Gasteiger partial charge >= 0.3 is 0 Å². The molecule has 0 bridgehead atoms. The molecular weight excluding hydrogens is 493 g/mol. The van der Waals surface area contributed by atoms with E-state index in [2.05, 4.69) is 33.8 Å². The highest BCUT2D eigenvalue weighted by molar-refractivity contribution is 14.0. The summed E-state index contributed by atoms with van der Waals surface area (Å²) in [6.07, 6.45) is 0. The van der Waals surface area contributed by atoms with Crippen LogP contribution in [0.5, 0.6) is 17.2 Å². The van der Waals surface area contributed by atoms with E-state index in [9.17, 15) is 0 Å². The predicted octanol–water partition coefficient (Wildman–Crippen LogP) is 4.22. The Labute approximate surface area is 194 Å². The second-order valence-electron chi connectivity index (χ2n) is 6.37. The average molecular weight is 521 g/mol. The van der Waals surface area contributed by atoms with Crippen molar-refractivity contribution < 1.29 is 14.2 Å². The Hall–Kier alpha value is -2.68. The molecule has 0 fully saturated rings. The fourth-order valence-corrected chi connectivity index (χ4v) is 3.05. The molecule has 0 atom stereocenters. The number of halogens is 1. The van der Waals surface area contributed by atoms with Crippen LogP contribution in [-0.4, -0.2) is 40.4 Å². The Morgan fingerprint density at radius 3 is 2.40 bits per heavy atom. The Morgan fingerprint density at radius 1 is 0.867 bits per heavy atom. The number of benzene rings is 3. The number of ether oxygens (including phenoxy) is 3. The van der Waals surface area contributed by atoms with Crippen LogP contribution in [0, 0.1) is 0 Å². The Bertz CT molecular complexity index is 974. The summed E-state index contributed by atoms with van der Waals surface area (Å²) < 4.78 is 16.6. The zero-order valence-corrected chi connectivity index (χ0v) is 19.8. The molecule has 30 heavy (non-hydrogen) atoms. The lowest BCUT2D eigenvalue weighted by Gasteiger charge is -2.14. The summed E-state index contributed by atoms with van der Waals surface area (Å²) >= 11 is 0. The molecular formula is C23H28IN3O3. The van der Waals surface area contributed by atoms with Gasteiger partial charge in [0.1, 0.15) is 12.4 Å². The Kier molecular flexibility index (Phi) is 9.53. The molecule has 3 aromatic rings. The maximum atomic E-state index is 5.96. The van der Waals surface area contributed by atoms with Crippen LogP contribution >= 0.6 is 24.0 Å². The largest absolute Gasteiger partial charge is 0.493 e. The Morgan fingerprint density at radius 2 is 1.63 bits per heavy atom. The topological polar surface area (TPSA) is 64.1 Å². The lowest BCUT2D eigenvalue weighted by Crippen LogP contribution is -2.38. The molecule has 0 radical (unpaired) electrons. The number of hydrogen-bond donors (Lipinski definition) is 2. The number of fused-ring (bicyclic) bond motifs is 1. The van der Waals surface area contributed by atoms with Gasteiger partial charge in [-0.1, -0.05) is 42.5 Å². The van der Waals surface area contributed by atoms with Crippen LogP contribution in [0.2, 0.25) is 0 Å². The minimum Gasteiger partial charge on any atom is -0.493 e. The molecule has 2 N–H and O–H groups in total. The van der Waals surface area contributed by atoms with E-state index in [4.69, 9.17) is 14.2 Å². The van der Waals surface area contributed by atoms with Crippen molar-refractivity contribution in [3.8, 4) is 17.2 Å². The van der Waals surface area contributed by atoms with Crippen LogP contribution in [0.3, 0.4) is 0 Å². The van der Waals surface area contributed by atoms with Crippen molar-refractivity contribution in [1.29, 1.82) is 0 Å². The van der Waals surface area contributed by atoms with E-state index >= 15 is 0 Å². The summed E-state index contributed by atoms with van der Waals surface area (Å²) in [7, 11) is 5.00. The molecule has 0 aliphatic carbocycles. The third-order valence-corrected chi connectivity index (χ3v) is 4.53. The van der Waals surface area contributed by atoms with E-state index in [1.54, 1.807) is 21.3 Å². The number of aliphatic imine (C=N–C) groups is 1. The lowest BCUT2D eigenvalue weighted by atomic mass is 10.1. The van der Waals surface area contributed by atoms with E-state index in [-0.39, 0.29) is 24.0 Å². The number of nitrogens with zero attached hydrogens (tertiary/aromatic N) is 1. The maximum Gasteiger partial charge on any atom is 0.191 e. The molecule has 0 saturated heterocycles. The van der Waals surface area contributed by atoms with Gasteiger partial charge in [0.25, 0.3) is 0 Å². The summed E-state index contributed by atoms with van der Waals surface area (Å²) in [6.45, 7) is 1.78. The molecule has 7 heteroatoms. The van der Waals surface area contributed by atoms with Crippen molar-refractivity contribution in [2.45, 2.75) is 6.54 Å². The SMILES string of the molecule is CN=C(NCCOc1cccc2ccccc12)NCc1ccc(OC)c(OC)c1.I. The normalized spacial score (nSPS) is 10.8. The monoisotopic (exact) mass is 521 g/mol. The van der Waals surface area contributed by atoms with Gasteiger partial charge in [-0.2, -0.15) is 0 Å². The fraction of sp³-hybridized carbons (Fsp3) is 0.261. The molecule has 0 spiro atoms. The molecule has 0 heterocycles. The summed E-state index contributed by atoms with van der Waals surface area (Å²) in [4.78, 5) is 4.26. The summed E-state index contributed by atoms with van der Waals surface area (Å²) in [5.74, 6) is 3.02. The van der Waals surface area contributed by atoms with Gasteiger partial charge in [-0.15, -0.1) is 24.0 Å². The second-order valence-corrected chi connectivity index (χ2v) is 6.37. The van der Waals surface area contributed by atoms with Crippen molar-refractivity contribution in [3.05, 3.63) is 66.2 Å². The summed E-state index contributed by atoms with van der Waals surface area (Å²) in [5.41, 5.74) is 1.07. The molecule has 0 unspecified atom stereocenters. The molecule has 0 aromatic heterocycles. The lowest BCUT2D eigenvalue weighted by molar-refractivity contribution is 0.325. The van der Waals surface area contributed by atoms with Crippen LogP contribution in [-0.2, 0) is 6.54 Å². The zero-order valence-electron chi connectivity index (χ0n) is 17.5. The quantitative estimate of drug-likeness (QED) is 0.201. The molecule has 3 rings (SSSR count). The molecule has 0 aliphatic heterocycles. The van der Waals surface area contributed by atoms with Gasteiger partial charge in [0.2, 0.25) is 0 Å². The first kappa shape index (κ1) is 23.6. The van der Waals surface area contributed by atoms with Gasteiger partial charge < -0.3 is 24.8 Å². The number of rotatable bonds is 8. The van der Waals surface area contributed by atoms with Crippen LogP contribution in [0.4, 0.5) is 0 Å². The van der Waals surface area contributed by atoms with Crippen molar-refractivity contribution >= 4 is 40.7 Å². The molecule has 6 nitrogen and oxygen atoms in total. The number of nitrogens with one attached hydrogen (secondary N) is 2. The maximum absolute atomic E-state index is 5.96. The molecule has 0 saturated carbocycles. The van der Waals surface area contributed by atoms with Crippen LogP contribution in [0.15, 0.2) is 65.7 Å². The van der Waals surface area contributed by atoms with Gasteiger partial charge in [0, 0.05) is 19.0 Å². The molecule has 160 valence electrons. The van der Waals surface area contributed by atoms with Crippen molar-refractivity contribution in [1.82, 2.24) is 10.6 Å². The van der Waals surface area contributed by atoms with Crippen LogP contribution in [0.25, 0.3) is 10.8 Å². The number of methoxy groups -OCH3 is 2. The average Bonchev–Trinajstić information content (AvgIpc) is 2.78. The van der Waals surface area contributed by atoms with Gasteiger partial charge in [0.15, 0.2) is 17.5 Å². The standard InChI is InChI=1S/C23H27N3O3.HI/c1-24-23(26-16-17-11-12-21(27-2)22(15-17)28-3)25-13-14-29-20-10-6-8-18-7-4-5-9-19(18)20;/h4-12,15H,13-14,16H2,1-3H3,(H2,24,25,26);1H. The zero-order chi connectivity index (χ0) is 20.5. The van der Waals surface area contributed by atoms with Crippen LogP contribution in [0.1, 0.15) is 5.56 Å². The Balaban J connectivity index is 0.00000320.